The zero-order valence-corrected chi connectivity index (χ0v) is 13.3. The number of urea groups is 1. The van der Waals surface area contributed by atoms with E-state index in [0.717, 1.165) is 27.8 Å². The van der Waals surface area contributed by atoms with Gasteiger partial charge >= 0.3 is 6.03 Å². The number of amides is 2. The van der Waals surface area contributed by atoms with Crippen LogP contribution in [0.4, 0.5) is 10.6 Å². The van der Waals surface area contributed by atoms with E-state index in [1.165, 1.54) is 0 Å². The number of benzene rings is 2. The molecule has 7 heteroatoms. The fourth-order valence-electron chi connectivity index (χ4n) is 2.42. The van der Waals surface area contributed by atoms with E-state index in [9.17, 15) is 4.79 Å². The lowest BCUT2D eigenvalue weighted by Gasteiger charge is -2.05. The summed E-state index contributed by atoms with van der Waals surface area (Å²) in [6, 6.07) is 13.4. The Balaban J connectivity index is 1.83. The van der Waals surface area contributed by atoms with Crippen molar-refractivity contribution in [1.29, 1.82) is 0 Å². The lowest BCUT2D eigenvalue weighted by atomic mass is 10.0. The third-order valence-electron chi connectivity index (χ3n) is 3.65. The van der Waals surface area contributed by atoms with E-state index < -0.39 is 0 Å². The number of aromatic amines is 1. The molecule has 0 saturated heterocycles. The molecule has 0 bridgehead atoms. The molecule has 0 atom stereocenters. The second-order valence-electron chi connectivity index (χ2n) is 5.23. The maximum atomic E-state index is 11.7. The molecule has 24 heavy (non-hydrogen) atoms. The highest BCUT2D eigenvalue weighted by molar-refractivity contribution is 6.00. The summed E-state index contributed by atoms with van der Waals surface area (Å²) in [4.78, 5) is 11.7. The van der Waals surface area contributed by atoms with Crippen LogP contribution in [-0.4, -0.2) is 36.4 Å². The summed E-state index contributed by atoms with van der Waals surface area (Å²) >= 11 is 0. The molecular weight excluding hydrogens is 306 g/mol. The van der Waals surface area contributed by atoms with E-state index in [2.05, 4.69) is 20.8 Å². The number of nitrogens with two attached hydrogens (primary N) is 1. The Morgan fingerprint density at radius 3 is 2.67 bits per heavy atom. The van der Waals surface area contributed by atoms with Crippen LogP contribution in [0.3, 0.4) is 0 Å². The molecule has 0 saturated carbocycles. The predicted octanol–water partition coefficient (Wildman–Crippen LogP) is 2.32. The van der Waals surface area contributed by atoms with Gasteiger partial charge in [-0.05, 0) is 35.4 Å². The molecule has 7 nitrogen and oxygen atoms in total. The second-order valence-corrected chi connectivity index (χ2v) is 5.23. The van der Waals surface area contributed by atoms with Crippen molar-refractivity contribution < 1.29 is 9.53 Å². The molecule has 2 amide bonds. The summed E-state index contributed by atoms with van der Waals surface area (Å²) < 4.78 is 5.17. The van der Waals surface area contributed by atoms with Gasteiger partial charge in [0, 0.05) is 18.5 Å². The van der Waals surface area contributed by atoms with Crippen molar-refractivity contribution in [2.75, 3.05) is 25.5 Å². The Morgan fingerprint density at radius 1 is 1.21 bits per heavy atom. The number of hydrogen-bond acceptors (Lipinski definition) is 4. The van der Waals surface area contributed by atoms with E-state index >= 15 is 0 Å². The molecule has 124 valence electrons. The first kappa shape index (κ1) is 15.8. The Morgan fingerprint density at radius 2 is 1.96 bits per heavy atom. The summed E-state index contributed by atoms with van der Waals surface area (Å²) in [7, 11) is 1.64. The van der Waals surface area contributed by atoms with Crippen LogP contribution in [0.5, 0.6) is 5.75 Å². The lowest BCUT2D eigenvalue weighted by molar-refractivity contribution is 0.252. The van der Waals surface area contributed by atoms with Gasteiger partial charge in [0.15, 0.2) is 5.82 Å². The van der Waals surface area contributed by atoms with Gasteiger partial charge in [0.1, 0.15) is 5.75 Å². The number of methoxy groups -OCH3 is 1. The molecule has 1 aromatic heterocycles. The molecule has 1 heterocycles. The molecule has 0 aliphatic rings. The molecule has 3 aromatic rings. The van der Waals surface area contributed by atoms with Crippen LogP contribution >= 0.6 is 0 Å². The fourth-order valence-corrected chi connectivity index (χ4v) is 2.42. The predicted molar refractivity (Wildman–Crippen MR) is 94.2 cm³/mol. The van der Waals surface area contributed by atoms with Gasteiger partial charge < -0.3 is 15.8 Å². The lowest BCUT2D eigenvalue weighted by Crippen LogP contribution is -2.33. The number of anilines is 1. The number of fused-ring (bicyclic) bond motifs is 1. The molecule has 3 rings (SSSR count). The minimum absolute atomic E-state index is 0.326. The van der Waals surface area contributed by atoms with Crippen LogP contribution in [-0.2, 0) is 0 Å². The second kappa shape index (κ2) is 7.01. The molecule has 0 unspecified atom stereocenters. The van der Waals surface area contributed by atoms with Gasteiger partial charge in [0.05, 0.1) is 12.6 Å². The van der Waals surface area contributed by atoms with Crippen LogP contribution in [0, 0.1) is 0 Å². The molecule has 0 spiro atoms. The van der Waals surface area contributed by atoms with Crippen molar-refractivity contribution in [3.8, 4) is 16.9 Å². The Bertz CT molecular complexity index is 842. The third-order valence-corrected chi connectivity index (χ3v) is 3.65. The SMILES string of the molecule is COc1ccc(-c2ccc3c(NC(=O)NCCN)n[nH]c3c2)cc1. The van der Waals surface area contributed by atoms with Gasteiger partial charge in [0.2, 0.25) is 0 Å². The van der Waals surface area contributed by atoms with Crippen LogP contribution in [0.25, 0.3) is 22.0 Å². The normalized spacial score (nSPS) is 10.6. The first-order valence-corrected chi connectivity index (χ1v) is 7.58. The maximum absolute atomic E-state index is 11.7. The topological polar surface area (TPSA) is 105 Å². The van der Waals surface area contributed by atoms with Gasteiger partial charge in [-0.2, -0.15) is 5.10 Å². The number of nitrogens with one attached hydrogen (secondary N) is 3. The van der Waals surface area contributed by atoms with Crippen molar-refractivity contribution in [2.24, 2.45) is 5.73 Å². The molecule has 0 aliphatic carbocycles. The van der Waals surface area contributed by atoms with E-state index in [0.29, 0.717) is 18.9 Å². The summed E-state index contributed by atoms with van der Waals surface area (Å²) in [6.45, 7) is 0.801. The quantitative estimate of drug-likeness (QED) is 0.577. The van der Waals surface area contributed by atoms with E-state index in [1.54, 1.807) is 7.11 Å². The van der Waals surface area contributed by atoms with Gasteiger partial charge in [0.25, 0.3) is 0 Å². The van der Waals surface area contributed by atoms with Gasteiger partial charge in [-0.25, -0.2) is 4.79 Å². The number of nitrogens with zero attached hydrogens (tertiary/aromatic N) is 1. The number of carbonyl (C=O) groups is 1. The van der Waals surface area contributed by atoms with Crippen molar-refractivity contribution in [1.82, 2.24) is 15.5 Å². The smallest absolute Gasteiger partial charge is 0.320 e. The molecule has 0 fully saturated rings. The van der Waals surface area contributed by atoms with Gasteiger partial charge in [-0.15, -0.1) is 0 Å². The van der Waals surface area contributed by atoms with Crippen LogP contribution < -0.4 is 21.1 Å². The Labute approximate surface area is 139 Å². The highest BCUT2D eigenvalue weighted by atomic mass is 16.5. The first-order valence-electron chi connectivity index (χ1n) is 7.58. The van der Waals surface area contributed by atoms with Crippen molar-refractivity contribution in [3.05, 3.63) is 42.5 Å². The minimum Gasteiger partial charge on any atom is -0.497 e. The first-order chi connectivity index (χ1) is 11.7. The van der Waals surface area contributed by atoms with Crippen molar-refractivity contribution >= 4 is 22.8 Å². The van der Waals surface area contributed by atoms with E-state index in [4.69, 9.17) is 10.5 Å². The maximum Gasteiger partial charge on any atom is 0.320 e. The van der Waals surface area contributed by atoms with Crippen molar-refractivity contribution in [2.45, 2.75) is 0 Å². The van der Waals surface area contributed by atoms with E-state index in [-0.39, 0.29) is 6.03 Å². The minimum atomic E-state index is -0.326. The van der Waals surface area contributed by atoms with Gasteiger partial charge in [-0.1, -0.05) is 18.2 Å². The largest absolute Gasteiger partial charge is 0.497 e. The van der Waals surface area contributed by atoms with Crippen LogP contribution in [0.2, 0.25) is 0 Å². The molecule has 0 radical (unpaired) electrons. The summed E-state index contributed by atoms with van der Waals surface area (Å²) in [5, 5.41) is 13.3. The summed E-state index contributed by atoms with van der Waals surface area (Å²) in [5.74, 6) is 1.30. The van der Waals surface area contributed by atoms with Crippen molar-refractivity contribution in [3.63, 3.8) is 0 Å². The number of hydrogen-bond donors (Lipinski definition) is 4. The molecule has 5 N–H and O–H groups in total. The number of carbonyl (C=O) groups excluding carboxylic acids is 1. The molecule has 2 aromatic carbocycles. The van der Waals surface area contributed by atoms with Crippen LogP contribution in [0.1, 0.15) is 0 Å². The number of H-pyrrole nitrogens is 1. The summed E-state index contributed by atoms with van der Waals surface area (Å²) in [5.41, 5.74) is 8.32. The third kappa shape index (κ3) is 3.31. The Hall–Kier alpha value is -3.06. The summed E-state index contributed by atoms with van der Waals surface area (Å²) in [6.07, 6.45) is 0. The highest BCUT2D eigenvalue weighted by Crippen LogP contribution is 2.28. The zero-order valence-electron chi connectivity index (χ0n) is 13.3. The fraction of sp³-hybridized carbons (Fsp3) is 0.176. The van der Waals surface area contributed by atoms with Crippen LogP contribution in [0.15, 0.2) is 42.5 Å². The number of aromatic nitrogens is 2. The molecule has 0 aliphatic heterocycles. The van der Waals surface area contributed by atoms with Gasteiger partial charge in [-0.3, -0.25) is 10.4 Å². The standard InChI is InChI=1S/C17H19N5O2/c1-24-13-5-2-11(3-6-13)12-4-7-14-15(10-12)21-22-16(14)20-17(23)19-9-8-18/h2-7,10H,8-9,18H2,1H3,(H3,19,20,21,22,23). The molecular formula is C17H19N5O2. The highest BCUT2D eigenvalue weighted by Gasteiger charge is 2.10. The Kier molecular flexibility index (Phi) is 4.62. The monoisotopic (exact) mass is 325 g/mol. The zero-order chi connectivity index (χ0) is 16.9. The average molecular weight is 325 g/mol. The average Bonchev–Trinajstić information content (AvgIpc) is 3.02. The van der Waals surface area contributed by atoms with E-state index in [1.807, 2.05) is 42.5 Å². The number of rotatable bonds is 5. The number of ether oxygens (including phenoxy) is 1.